The standard InChI is InChI=1S/C11H14F2N2O2/c1-2-17-9(16)4-7-3-8(5-14)10(11(12)13)15-6-7/h3,6,11H,2,4-5,14H2,1H3. The van der Waals surface area contributed by atoms with E-state index in [1.54, 1.807) is 6.92 Å². The number of rotatable bonds is 5. The second kappa shape index (κ2) is 6.24. The van der Waals surface area contributed by atoms with Gasteiger partial charge in [0.25, 0.3) is 6.43 Å². The van der Waals surface area contributed by atoms with Crippen LogP contribution in [0.4, 0.5) is 8.78 Å². The third-order valence-corrected chi connectivity index (χ3v) is 2.14. The SMILES string of the molecule is CCOC(=O)Cc1cnc(C(F)F)c(CN)c1. The summed E-state index contributed by atoms with van der Waals surface area (Å²) in [6.07, 6.45) is -1.40. The van der Waals surface area contributed by atoms with Gasteiger partial charge in [0.15, 0.2) is 0 Å². The van der Waals surface area contributed by atoms with Crippen molar-refractivity contribution < 1.29 is 18.3 Å². The van der Waals surface area contributed by atoms with E-state index in [1.165, 1.54) is 12.3 Å². The molecule has 0 saturated carbocycles. The monoisotopic (exact) mass is 244 g/mol. The summed E-state index contributed by atoms with van der Waals surface area (Å²) in [7, 11) is 0. The molecule has 0 aliphatic rings. The summed E-state index contributed by atoms with van der Waals surface area (Å²) < 4.78 is 29.8. The molecule has 0 amide bonds. The molecule has 0 fully saturated rings. The smallest absolute Gasteiger partial charge is 0.310 e. The molecule has 1 aromatic heterocycles. The van der Waals surface area contributed by atoms with E-state index in [1.807, 2.05) is 0 Å². The maximum absolute atomic E-state index is 12.5. The fourth-order valence-corrected chi connectivity index (χ4v) is 1.41. The molecule has 0 aromatic carbocycles. The number of aromatic nitrogens is 1. The van der Waals surface area contributed by atoms with E-state index in [2.05, 4.69) is 4.98 Å². The van der Waals surface area contributed by atoms with Gasteiger partial charge in [-0.15, -0.1) is 0 Å². The lowest BCUT2D eigenvalue weighted by Crippen LogP contribution is -2.10. The molecular weight excluding hydrogens is 230 g/mol. The van der Waals surface area contributed by atoms with Crippen LogP contribution in [0.2, 0.25) is 0 Å². The molecule has 2 N–H and O–H groups in total. The first kappa shape index (κ1) is 13.5. The number of hydrogen-bond acceptors (Lipinski definition) is 4. The molecule has 0 atom stereocenters. The van der Waals surface area contributed by atoms with Crippen LogP contribution >= 0.6 is 0 Å². The maximum Gasteiger partial charge on any atom is 0.310 e. The molecule has 0 aliphatic heterocycles. The van der Waals surface area contributed by atoms with Crippen molar-refractivity contribution in [2.75, 3.05) is 6.61 Å². The van der Waals surface area contributed by atoms with Crippen LogP contribution < -0.4 is 5.73 Å². The highest BCUT2D eigenvalue weighted by Gasteiger charge is 2.15. The van der Waals surface area contributed by atoms with Crippen LogP contribution in [0.5, 0.6) is 0 Å². The zero-order chi connectivity index (χ0) is 12.8. The van der Waals surface area contributed by atoms with E-state index in [-0.39, 0.29) is 30.8 Å². The van der Waals surface area contributed by atoms with Crippen molar-refractivity contribution in [1.82, 2.24) is 4.98 Å². The van der Waals surface area contributed by atoms with E-state index in [0.29, 0.717) is 5.56 Å². The number of hydrogen-bond donors (Lipinski definition) is 1. The number of ether oxygens (including phenoxy) is 1. The average Bonchev–Trinajstić information content (AvgIpc) is 2.28. The van der Waals surface area contributed by atoms with Gasteiger partial charge >= 0.3 is 5.97 Å². The number of alkyl halides is 2. The topological polar surface area (TPSA) is 65.2 Å². The lowest BCUT2D eigenvalue weighted by atomic mass is 10.1. The van der Waals surface area contributed by atoms with Crippen LogP contribution in [0.1, 0.15) is 30.2 Å². The minimum atomic E-state index is -2.66. The van der Waals surface area contributed by atoms with Crippen LogP contribution in [0.15, 0.2) is 12.3 Å². The van der Waals surface area contributed by atoms with E-state index in [4.69, 9.17) is 10.5 Å². The van der Waals surface area contributed by atoms with Gasteiger partial charge in [0.2, 0.25) is 0 Å². The van der Waals surface area contributed by atoms with Gasteiger partial charge in [-0.3, -0.25) is 9.78 Å². The zero-order valence-electron chi connectivity index (χ0n) is 9.45. The molecular formula is C11H14F2N2O2. The Morgan fingerprint density at radius 1 is 1.59 bits per heavy atom. The van der Waals surface area contributed by atoms with Crippen LogP contribution in [0.3, 0.4) is 0 Å². The van der Waals surface area contributed by atoms with Crippen molar-refractivity contribution in [3.63, 3.8) is 0 Å². The lowest BCUT2D eigenvalue weighted by molar-refractivity contribution is -0.142. The van der Waals surface area contributed by atoms with E-state index in [0.717, 1.165) is 0 Å². The summed E-state index contributed by atoms with van der Waals surface area (Å²) in [5.74, 6) is -0.415. The minimum Gasteiger partial charge on any atom is -0.466 e. The Balaban J connectivity index is 2.86. The summed E-state index contributed by atoms with van der Waals surface area (Å²) in [5.41, 5.74) is 5.80. The number of halogens is 2. The van der Waals surface area contributed by atoms with Gasteiger partial charge in [0.1, 0.15) is 5.69 Å². The average molecular weight is 244 g/mol. The number of nitrogens with two attached hydrogens (primary N) is 1. The quantitative estimate of drug-likeness (QED) is 0.799. The predicted octanol–water partition coefficient (Wildman–Crippen LogP) is 1.58. The van der Waals surface area contributed by atoms with E-state index >= 15 is 0 Å². The third-order valence-electron chi connectivity index (χ3n) is 2.14. The van der Waals surface area contributed by atoms with Gasteiger partial charge in [0, 0.05) is 12.7 Å². The first-order valence-electron chi connectivity index (χ1n) is 5.20. The Kier molecular flexibility index (Phi) is 4.96. The number of esters is 1. The molecule has 6 heteroatoms. The van der Waals surface area contributed by atoms with Gasteiger partial charge in [-0.05, 0) is 18.1 Å². The highest BCUT2D eigenvalue weighted by Crippen LogP contribution is 2.21. The summed E-state index contributed by atoms with van der Waals surface area (Å²) in [4.78, 5) is 14.8. The molecule has 1 heterocycles. The van der Waals surface area contributed by atoms with E-state index in [9.17, 15) is 13.6 Å². The highest BCUT2D eigenvalue weighted by molar-refractivity contribution is 5.72. The molecule has 0 spiro atoms. The van der Waals surface area contributed by atoms with Crippen molar-refractivity contribution in [1.29, 1.82) is 0 Å². The van der Waals surface area contributed by atoms with Crippen molar-refractivity contribution >= 4 is 5.97 Å². The Morgan fingerprint density at radius 3 is 2.82 bits per heavy atom. The summed E-state index contributed by atoms with van der Waals surface area (Å²) in [6.45, 7) is 1.94. The molecule has 94 valence electrons. The number of nitrogens with zero attached hydrogens (tertiary/aromatic N) is 1. The van der Waals surface area contributed by atoms with Gasteiger partial charge in [-0.2, -0.15) is 0 Å². The van der Waals surface area contributed by atoms with Crippen LogP contribution in [-0.2, 0) is 22.5 Å². The molecule has 1 aromatic rings. The van der Waals surface area contributed by atoms with Crippen molar-refractivity contribution in [3.05, 3.63) is 29.1 Å². The summed E-state index contributed by atoms with van der Waals surface area (Å²) in [6, 6.07) is 1.46. The first-order valence-corrected chi connectivity index (χ1v) is 5.20. The third kappa shape index (κ3) is 3.74. The number of carbonyl (C=O) groups excluding carboxylic acids is 1. The molecule has 1 rings (SSSR count). The molecule has 0 radical (unpaired) electrons. The predicted molar refractivity (Wildman–Crippen MR) is 57.4 cm³/mol. The molecule has 0 saturated heterocycles. The van der Waals surface area contributed by atoms with Crippen molar-refractivity contribution in [2.24, 2.45) is 5.73 Å². The fraction of sp³-hybridized carbons (Fsp3) is 0.455. The normalized spacial score (nSPS) is 10.6. The van der Waals surface area contributed by atoms with Gasteiger partial charge in [-0.1, -0.05) is 6.07 Å². The van der Waals surface area contributed by atoms with Gasteiger partial charge in [0.05, 0.1) is 13.0 Å². The number of carbonyl (C=O) groups is 1. The second-order valence-electron chi connectivity index (χ2n) is 3.37. The second-order valence-corrected chi connectivity index (χ2v) is 3.37. The van der Waals surface area contributed by atoms with Crippen LogP contribution in [-0.4, -0.2) is 17.6 Å². The van der Waals surface area contributed by atoms with E-state index < -0.39 is 12.4 Å². The largest absolute Gasteiger partial charge is 0.466 e. The van der Waals surface area contributed by atoms with Gasteiger partial charge < -0.3 is 10.5 Å². The Bertz CT molecular complexity index is 397. The zero-order valence-corrected chi connectivity index (χ0v) is 9.45. The molecule has 4 nitrogen and oxygen atoms in total. The summed E-state index contributed by atoms with van der Waals surface area (Å²) >= 11 is 0. The Hall–Kier alpha value is -1.56. The lowest BCUT2D eigenvalue weighted by Gasteiger charge is -2.08. The Morgan fingerprint density at radius 2 is 2.29 bits per heavy atom. The fourth-order valence-electron chi connectivity index (χ4n) is 1.41. The molecule has 0 aliphatic carbocycles. The number of pyridine rings is 1. The van der Waals surface area contributed by atoms with Gasteiger partial charge in [-0.25, -0.2) is 8.78 Å². The summed E-state index contributed by atoms with van der Waals surface area (Å²) in [5, 5.41) is 0. The Labute approximate surface area is 97.8 Å². The minimum absolute atomic E-state index is 0.0113. The van der Waals surface area contributed by atoms with Crippen LogP contribution in [0.25, 0.3) is 0 Å². The molecule has 0 unspecified atom stereocenters. The highest BCUT2D eigenvalue weighted by atomic mass is 19.3. The van der Waals surface area contributed by atoms with Crippen LogP contribution in [0, 0.1) is 0 Å². The van der Waals surface area contributed by atoms with Crippen molar-refractivity contribution in [2.45, 2.75) is 26.3 Å². The van der Waals surface area contributed by atoms with Crippen molar-refractivity contribution in [3.8, 4) is 0 Å². The first-order chi connectivity index (χ1) is 8.08. The molecule has 0 bridgehead atoms. The molecule has 17 heavy (non-hydrogen) atoms. The maximum atomic E-state index is 12.5.